The van der Waals surface area contributed by atoms with Gasteiger partial charge in [-0.2, -0.15) is 5.26 Å². The molecular formula is C15H17N3O2. The Bertz CT molecular complexity index is 574. The predicted octanol–water partition coefficient (Wildman–Crippen LogP) is 2.13. The van der Waals surface area contributed by atoms with Crippen LogP contribution in [0.1, 0.15) is 37.8 Å². The Morgan fingerprint density at radius 3 is 2.50 bits per heavy atom. The number of nitriles is 1. The molecule has 0 radical (unpaired) electrons. The third-order valence-electron chi connectivity index (χ3n) is 3.60. The van der Waals surface area contributed by atoms with Crippen LogP contribution in [0.2, 0.25) is 0 Å². The van der Waals surface area contributed by atoms with Gasteiger partial charge < -0.3 is 5.32 Å². The molecule has 0 aliphatic carbocycles. The number of imide groups is 1. The van der Waals surface area contributed by atoms with Crippen molar-refractivity contribution in [3.05, 3.63) is 35.4 Å². The lowest BCUT2D eigenvalue weighted by atomic mass is 9.91. The highest BCUT2D eigenvalue weighted by Crippen LogP contribution is 2.29. The zero-order valence-electron chi connectivity index (χ0n) is 11.6. The molecule has 5 heteroatoms. The Balaban J connectivity index is 2.28. The normalized spacial score (nSPS) is 21.8. The van der Waals surface area contributed by atoms with E-state index in [9.17, 15) is 9.59 Å². The van der Waals surface area contributed by atoms with Crippen LogP contribution in [0.15, 0.2) is 24.3 Å². The monoisotopic (exact) mass is 271 g/mol. The fourth-order valence-electron chi connectivity index (χ4n) is 2.29. The zero-order valence-corrected chi connectivity index (χ0v) is 11.6. The van der Waals surface area contributed by atoms with E-state index in [0.717, 1.165) is 12.8 Å². The molecule has 1 atom stereocenters. The highest BCUT2D eigenvalue weighted by Gasteiger charge is 2.48. The average Bonchev–Trinajstić information content (AvgIpc) is 2.68. The van der Waals surface area contributed by atoms with Crippen molar-refractivity contribution in [1.29, 1.82) is 5.26 Å². The van der Waals surface area contributed by atoms with Gasteiger partial charge in [-0.05, 0) is 31.0 Å². The van der Waals surface area contributed by atoms with Gasteiger partial charge in [0.1, 0.15) is 5.54 Å². The fraction of sp³-hybridized carbons (Fsp3) is 0.400. The van der Waals surface area contributed by atoms with Gasteiger partial charge in [0.25, 0.3) is 5.91 Å². The lowest BCUT2D eigenvalue weighted by Gasteiger charge is -2.22. The number of unbranched alkanes of at least 4 members (excludes halogenated alkanes) is 1. The summed E-state index contributed by atoms with van der Waals surface area (Å²) >= 11 is 0. The van der Waals surface area contributed by atoms with Crippen molar-refractivity contribution in [2.75, 3.05) is 6.54 Å². The van der Waals surface area contributed by atoms with Crippen LogP contribution in [0.25, 0.3) is 0 Å². The highest BCUT2D eigenvalue weighted by molar-refractivity contribution is 6.07. The largest absolute Gasteiger partial charge is 0.325 e. The molecule has 1 aliphatic rings. The predicted molar refractivity (Wildman–Crippen MR) is 73.7 cm³/mol. The molecule has 1 aliphatic heterocycles. The van der Waals surface area contributed by atoms with Gasteiger partial charge in [-0.3, -0.25) is 9.69 Å². The van der Waals surface area contributed by atoms with Crippen LogP contribution in [-0.2, 0) is 10.3 Å². The molecule has 104 valence electrons. The second-order valence-corrected chi connectivity index (χ2v) is 5.05. The Kier molecular flexibility index (Phi) is 3.75. The lowest BCUT2D eigenvalue weighted by Crippen LogP contribution is -2.41. The van der Waals surface area contributed by atoms with Gasteiger partial charge in [-0.1, -0.05) is 25.5 Å². The number of carbonyl (C=O) groups excluding carboxylic acids is 2. The summed E-state index contributed by atoms with van der Waals surface area (Å²) in [5, 5.41) is 11.5. The maximum absolute atomic E-state index is 12.5. The molecule has 5 nitrogen and oxygen atoms in total. The maximum atomic E-state index is 12.5. The minimum atomic E-state index is -1.04. The first kappa shape index (κ1) is 14.1. The Morgan fingerprint density at radius 2 is 1.95 bits per heavy atom. The summed E-state index contributed by atoms with van der Waals surface area (Å²) < 4.78 is 0. The summed E-state index contributed by atoms with van der Waals surface area (Å²) in [6.07, 6.45) is 1.72. The maximum Gasteiger partial charge on any atom is 0.325 e. The Labute approximate surface area is 118 Å². The van der Waals surface area contributed by atoms with E-state index < -0.39 is 5.54 Å². The molecule has 1 aromatic rings. The van der Waals surface area contributed by atoms with E-state index in [2.05, 4.69) is 5.32 Å². The number of hydrogen-bond acceptors (Lipinski definition) is 3. The van der Waals surface area contributed by atoms with Gasteiger partial charge in [-0.15, -0.1) is 0 Å². The number of benzene rings is 1. The van der Waals surface area contributed by atoms with Gasteiger partial charge in [0, 0.05) is 6.54 Å². The Hall–Kier alpha value is -2.35. The van der Waals surface area contributed by atoms with Crippen molar-refractivity contribution in [1.82, 2.24) is 10.2 Å². The van der Waals surface area contributed by atoms with Crippen LogP contribution in [-0.4, -0.2) is 23.4 Å². The summed E-state index contributed by atoms with van der Waals surface area (Å²) in [5.41, 5.74) is 0.171. The molecule has 1 fully saturated rings. The fourth-order valence-corrected chi connectivity index (χ4v) is 2.29. The van der Waals surface area contributed by atoms with E-state index in [1.165, 1.54) is 4.90 Å². The summed E-state index contributed by atoms with van der Waals surface area (Å²) in [7, 11) is 0. The second-order valence-electron chi connectivity index (χ2n) is 5.05. The molecule has 3 amide bonds. The molecule has 0 aromatic heterocycles. The van der Waals surface area contributed by atoms with Crippen molar-refractivity contribution in [3.8, 4) is 6.07 Å². The van der Waals surface area contributed by atoms with Gasteiger partial charge >= 0.3 is 6.03 Å². The number of rotatable bonds is 4. The standard InChI is InChI=1S/C15H17N3O2/c1-3-4-9-18-13(19)15(2,17-14(18)20)12-7-5-11(10-16)6-8-12/h5-8H,3-4,9H2,1-2H3,(H,17,20). The number of urea groups is 1. The summed E-state index contributed by atoms with van der Waals surface area (Å²) in [4.78, 5) is 25.7. The first-order valence-electron chi connectivity index (χ1n) is 6.67. The first-order chi connectivity index (χ1) is 9.52. The van der Waals surface area contributed by atoms with E-state index in [0.29, 0.717) is 17.7 Å². The van der Waals surface area contributed by atoms with E-state index in [1.54, 1.807) is 31.2 Å². The van der Waals surface area contributed by atoms with Crippen molar-refractivity contribution in [2.45, 2.75) is 32.2 Å². The zero-order chi connectivity index (χ0) is 14.8. The summed E-state index contributed by atoms with van der Waals surface area (Å²) in [5.74, 6) is -0.236. The van der Waals surface area contributed by atoms with Crippen molar-refractivity contribution in [3.63, 3.8) is 0 Å². The van der Waals surface area contributed by atoms with Crippen LogP contribution in [0.5, 0.6) is 0 Å². The average molecular weight is 271 g/mol. The minimum absolute atomic E-state index is 0.236. The molecule has 0 spiro atoms. The topological polar surface area (TPSA) is 73.2 Å². The molecule has 20 heavy (non-hydrogen) atoms. The molecule has 0 bridgehead atoms. The Morgan fingerprint density at radius 1 is 1.30 bits per heavy atom. The second kappa shape index (κ2) is 5.33. The molecule has 2 rings (SSSR count). The molecule has 1 saturated heterocycles. The molecule has 1 N–H and O–H groups in total. The molecule has 1 aromatic carbocycles. The molecule has 1 heterocycles. The van der Waals surface area contributed by atoms with Crippen LogP contribution in [0, 0.1) is 11.3 Å². The van der Waals surface area contributed by atoms with Crippen LogP contribution in [0.4, 0.5) is 4.79 Å². The molecule has 1 unspecified atom stereocenters. The van der Waals surface area contributed by atoms with Gasteiger partial charge in [0.15, 0.2) is 0 Å². The van der Waals surface area contributed by atoms with E-state index in [-0.39, 0.29) is 11.9 Å². The highest BCUT2D eigenvalue weighted by atomic mass is 16.2. The van der Waals surface area contributed by atoms with E-state index in [4.69, 9.17) is 5.26 Å². The van der Waals surface area contributed by atoms with E-state index >= 15 is 0 Å². The van der Waals surface area contributed by atoms with Crippen molar-refractivity contribution >= 4 is 11.9 Å². The third-order valence-corrected chi connectivity index (χ3v) is 3.60. The molecule has 0 saturated carbocycles. The lowest BCUT2D eigenvalue weighted by molar-refractivity contribution is -0.131. The van der Waals surface area contributed by atoms with Crippen LogP contribution in [0.3, 0.4) is 0 Å². The smallest absolute Gasteiger partial charge is 0.319 e. The number of carbonyl (C=O) groups is 2. The first-order valence-corrected chi connectivity index (χ1v) is 6.67. The number of nitrogens with one attached hydrogen (secondary N) is 1. The molecular weight excluding hydrogens is 254 g/mol. The van der Waals surface area contributed by atoms with Crippen molar-refractivity contribution in [2.24, 2.45) is 0 Å². The third kappa shape index (κ3) is 2.25. The van der Waals surface area contributed by atoms with E-state index in [1.807, 2.05) is 13.0 Å². The SMILES string of the molecule is CCCCN1C(=O)NC(C)(c2ccc(C#N)cc2)C1=O. The number of hydrogen-bond donors (Lipinski definition) is 1. The summed E-state index contributed by atoms with van der Waals surface area (Å²) in [6.45, 7) is 4.14. The van der Waals surface area contributed by atoms with Crippen molar-refractivity contribution < 1.29 is 9.59 Å². The summed E-state index contributed by atoms with van der Waals surface area (Å²) in [6, 6.07) is 8.39. The number of amides is 3. The minimum Gasteiger partial charge on any atom is -0.319 e. The quantitative estimate of drug-likeness (QED) is 0.852. The van der Waals surface area contributed by atoms with Gasteiger partial charge in [0.2, 0.25) is 0 Å². The van der Waals surface area contributed by atoms with Gasteiger partial charge in [0.05, 0.1) is 11.6 Å². The van der Waals surface area contributed by atoms with Crippen LogP contribution < -0.4 is 5.32 Å². The van der Waals surface area contributed by atoms with Crippen LogP contribution >= 0.6 is 0 Å². The number of nitrogens with zero attached hydrogens (tertiary/aromatic N) is 2. The van der Waals surface area contributed by atoms with Gasteiger partial charge in [-0.25, -0.2) is 4.79 Å².